The summed E-state index contributed by atoms with van der Waals surface area (Å²) >= 11 is 2.41. The molecule has 1 aliphatic carbocycles. The lowest BCUT2D eigenvalue weighted by molar-refractivity contribution is 0.101. The molecule has 4 heterocycles. The van der Waals surface area contributed by atoms with E-state index in [1.807, 2.05) is 12.3 Å². The third-order valence-electron chi connectivity index (χ3n) is 7.14. The average Bonchev–Trinajstić information content (AvgIpc) is 3.39. The van der Waals surface area contributed by atoms with Crippen LogP contribution in [0.5, 0.6) is 0 Å². The molecular formula is C25H30IN7O2. The molecule has 0 unspecified atom stereocenters. The van der Waals surface area contributed by atoms with E-state index in [4.69, 9.17) is 4.98 Å². The summed E-state index contributed by atoms with van der Waals surface area (Å²) < 4.78 is 2.79. The molecule has 3 aromatic heterocycles. The summed E-state index contributed by atoms with van der Waals surface area (Å²) in [4.78, 5) is 44.3. The number of anilines is 3. The van der Waals surface area contributed by atoms with Gasteiger partial charge in [0.2, 0.25) is 5.95 Å². The lowest BCUT2D eigenvalue weighted by Crippen LogP contribution is -2.45. The Hall–Kier alpha value is -2.60. The third kappa shape index (κ3) is 4.77. The van der Waals surface area contributed by atoms with Crippen molar-refractivity contribution in [2.75, 3.05) is 40.9 Å². The average molecular weight is 587 g/mol. The van der Waals surface area contributed by atoms with Gasteiger partial charge < -0.3 is 10.2 Å². The van der Waals surface area contributed by atoms with Gasteiger partial charge in [-0.25, -0.2) is 9.97 Å². The summed E-state index contributed by atoms with van der Waals surface area (Å²) in [5, 5.41) is 3.93. The number of hydrogen-bond donors (Lipinski definition) is 1. The Bertz CT molecular complexity index is 1290. The van der Waals surface area contributed by atoms with Crippen molar-refractivity contribution in [3.8, 4) is 0 Å². The van der Waals surface area contributed by atoms with Gasteiger partial charge >= 0.3 is 0 Å². The summed E-state index contributed by atoms with van der Waals surface area (Å²) in [5.41, 5.74) is 2.31. The highest BCUT2D eigenvalue weighted by atomic mass is 127. The Morgan fingerprint density at radius 3 is 2.49 bits per heavy atom. The zero-order valence-corrected chi connectivity index (χ0v) is 22.3. The maximum atomic E-state index is 13.4. The van der Waals surface area contributed by atoms with Crippen LogP contribution in [0.4, 0.5) is 17.5 Å². The van der Waals surface area contributed by atoms with Crippen molar-refractivity contribution in [1.29, 1.82) is 0 Å². The molecule has 1 saturated carbocycles. The minimum Gasteiger partial charge on any atom is -0.368 e. The van der Waals surface area contributed by atoms with Crippen LogP contribution in [0.25, 0.3) is 11.0 Å². The Morgan fingerprint density at radius 2 is 1.86 bits per heavy atom. The number of rotatable bonds is 6. The molecule has 0 atom stereocenters. The number of alkyl halides is 1. The lowest BCUT2D eigenvalue weighted by atomic mass is 10.0. The van der Waals surface area contributed by atoms with E-state index in [9.17, 15) is 9.59 Å². The number of fused-ring (bicyclic) bond motifs is 1. The molecule has 1 saturated heterocycles. The molecule has 10 heteroatoms. The van der Waals surface area contributed by atoms with Gasteiger partial charge in [-0.3, -0.25) is 19.1 Å². The Labute approximate surface area is 218 Å². The monoisotopic (exact) mass is 587 g/mol. The summed E-state index contributed by atoms with van der Waals surface area (Å²) in [6.07, 6.45) is 7.55. The van der Waals surface area contributed by atoms with Crippen LogP contribution < -0.4 is 15.8 Å². The standard InChI is InChI=1S/C25H30IN7O2/c1-16-20-14-28-25(29-21-8-7-19(13-27-21)32-11-9-31(15-26)10-12-32)30-23(20)33(18-5-3-4-6-18)24(35)22(16)17(2)34/h7-8,13-14,18H,3-6,9-12,15H2,1-2H3,(H,27,28,29,30). The Morgan fingerprint density at radius 1 is 1.11 bits per heavy atom. The van der Waals surface area contributed by atoms with Gasteiger partial charge in [-0.05, 0) is 44.4 Å². The lowest BCUT2D eigenvalue weighted by Gasteiger charge is -2.34. The molecule has 9 nitrogen and oxygen atoms in total. The largest absolute Gasteiger partial charge is 0.368 e. The zero-order valence-electron chi connectivity index (χ0n) is 20.1. The molecule has 0 amide bonds. The van der Waals surface area contributed by atoms with Gasteiger partial charge in [0.15, 0.2) is 5.78 Å². The highest BCUT2D eigenvalue weighted by molar-refractivity contribution is 14.1. The quantitative estimate of drug-likeness (QED) is 0.200. The molecule has 1 N–H and O–H groups in total. The number of carbonyl (C=O) groups is 1. The molecule has 0 spiro atoms. The zero-order chi connectivity index (χ0) is 24.5. The first-order valence-electron chi connectivity index (χ1n) is 12.2. The van der Waals surface area contributed by atoms with Crippen molar-refractivity contribution in [3.63, 3.8) is 0 Å². The number of Topliss-reactive ketones (excluding diaryl/α,β-unsaturated/α-hetero) is 1. The van der Waals surface area contributed by atoms with Gasteiger partial charge in [0.05, 0.1) is 22.0 Å². The maximum absolute atomic E-state index is 13.4. The molecule has 2 fully saturated rings. The first kappa shape index (κ1) is 24.1. The second-order valence-electron chi connectivity index (χ2n) is 9.35. The number of aryl methyl sites for hydroxylation is 1. The van der Waals surface area contributed by atoms with E-state index in [0.29, 0.717) is 23.0 Å². The van der Waals surface area contributed by atoms with E-state index in [1.54, 1.807) is 17.7 Å². The second kappa shape index (κ2) is 10.2. The van der Waals surface area contributed by atoms with Gasteiger partial charge in [0.1, 0.15) is 11.5 Å². The highest BCUT2D eigenvalue weighted by Crippen LogP contribution is 2.32. The van der Waals surface area contributed by atoms with Crippen LogP contribution in [0, 0.1) is 6.92 Å². The third-order valence-corrected chi connectivity index (χ3v) is 8.11. The predicted octanol–water partition coefficient (Wildman–Crippen LogP) is 4.07. The Kier molecular flexibility index (Phi) is 7.01. The van der Waals surface area contributed by atoms with Crippen molar-refractivity contribution in [3.05, 3.63) is 46.0 Å². The molecule has 0 bridgehead atoms. The van der Waals surface area contributed by atoms with Crippen LogP contribution >= 0.6 is 22.6 Å². The van der Waals surface area contributed by atoms with Crippen molar-refractivity contribution < 1.29 is 4.79 Å². The molecule has 2 aliphatic rings. The fourth-order valence-corrected chi connectivity index (χ4v) is 5.88. The van der Waals surface area contributed by atoms with Gasteiger partial charge in [-0.2, -0.15) is 4.98 Å². The highest BCUT2D eigenvalue weighted by Gasteiger charge is 2.26. The molecule has 184 valence electrons. The van der Waals surface area contributed by atoms with E-state index in [1.165, 1.54) is 6.92 Å². The summed E-state index contributed by atoms with van der Waals surface area (Å²) in [7, 11) is 0. The van der Waals surface area contributed by atoms with Crippen LogP contribution in [-0.4, -0.2) is 60.9 Å². The predicted molar refractivity (Wildman–Crippen MR) is 146 cm³/mol. The summed E-state index contributed by atoms with van der Waals surface area (Å²) in [6.45, 7) is 7.35. The number of aromatic nitrogens is 4. The van der Waals surface area contributed by atoms with Gasteiger partial charge in [-0.1, -0.05) is 35.4 Å². The van der Waals surface area contributed by atoms with Crippen molar-refractivity contribution >= 4 is 56.9 Å². The number of carbonyl (C=O) groups excluding carboxylic acids is 1. The van der Waals surface area contributed by atoms with Crippen molar-refractivity contribution in [2.24, 2.45) is 0 Å². The van der Waals surface area contributed by atoms with E-state index in [2.05, 4.69) is 53.7 Å². The maximum Gasteiger partial charge on any atom is 0.263 e. The van der Waals surface area contributed by atoms with Crippen molar-refractivity contribution in [1.82, 2.24) is 24.4 Å². The van der Waals surface area contributed by atoms with E-state index >= 15 is 0 Å². The molecule has 1 aliphatic heterocycles. The summed E-state index contributed by atoms with van der Waals surface area (Å²) in [5.74, 6) is 0.809. The molecular weight excluding hydrogens is 557 g/mol. The molecule has 35 heavy (non-hydrogen) atoms. The molecule has 0 radical (unpaired) electrons. The SMILES string of the molecule is CC(=O)c1c(C)c2cnc(Nc3ccc(N4CCN(CI)CC4)cn3)nc2n(C2CCCC2)c1=O. The minimum absolute atomic E-state index is 0.0523. The fraction of sp³-hybridized carbons (Fsp3) is 0.480. The van der Waals surface area contributed by atoms with Crippen LogP contribution in [-0.2, 0) is 0 Å². The van der Waals surface area contributed by atoms with E-state index < -0.39 is 0 Å². The van der Waals surface area contributed by atoms with Gasteiger partial charge in [0.25, 0.3) is 5.56 Å². The van der Waals surface area contributed by atoms with E-state index in [-0.39, 0.29) is 22.9 Å². The normalized spacial score (nSPS) is 17.3. The number of halogens is 1. The van der Waals surface area contributed by atoms with Crippen LogP contribution in [0.1, 0.15) is 54.6 Å². The van der Waals surface area contributed by atoms with E-state index in [0.717, 1.165) is 67.5 Å². The van der Waals surface area contributed by atoms with Crippen LogP contribution in [0.2, 0.25) is 0 Å². The first-order valence-corrected chi connectivity index (χ1v) is 13.7. The van der Waals surface area contributed by atoms with Gasteiger partial charge in [0, 0.05) is 43.8 Å². The number of hydrogen-bond acceptors (Lipinski definition) is 8. The number of piperazine rings is 1. The first-order chi connectivity index (χ1) is 17.0. The number of ketones is 1. The number of pyridine rings is 2. The number of nitrogens with zero attached hydrogens (tertiary/aromatic N) is 6. The summed E-state index contributed by atoms with van der Waals surface area (Å²) in [6, 6.07) is 4.05. The second-order valence-corrected chi connectivity index (χ2v) is 10.0. The number of nitrogens with one attached hydrogen (secondary N) is 1. The van der Waals surface area contributed by atoms with Crippen LogP contribution in [0.15, 0.2) is 29.3 Å². The van der Waals surface area contributed by atoms with Gasteiger partial charge in [-0.15, -0.1) is 0 Å². The topological polar surface area (TPSA) is 96.2 Å². The smallest absolute Gasteiger partial charge is 0.263 e. The molecule has 0 aromatic carbocycles. The Balaban J connectivity index is 1.44. The fourth-order valence-electron chi connectivity index (χ4n) is 5.20. The molecule has 5 rings (SSSR count). The van der Waals surface area contributed by atoms with Crippen LogP contribution in [0.3, 0.4) is 0 Å². The molecule has 3 aromatic rings. The van der Waals surface area contributed by atoms with Crippen molar-refractivity contribution in [2.45, 2.75) is 45.6 Å². The minimum atomic E-state index is -0.246.